The summed E-state index contributed by atoms with van der Waals surface area (Å²) in [6.07, 6.45) is 3.37. The summed E-state index contributed by atoms with van der Waals surface area (Å²) < 4.78 is 0. The molecule has 0 aliphatic carbocycles. The molecule has 1 fully saturated rings. The van der Waals surface area contributed by atoms with Crippen LogP contribution in [0.25, 0.3) is 0 Å². The van der Waals surface area contributed by atoms with Gasteiger partial charge in [0.25, 0.3) is 0 Å². The molecule has 1 aliphatic heterocycles. The first-order valence-corrected chi connectivity index (χ1v) is 5.90. The van der Waals surface area contributed by atoms with Gasteiger partial charge in [0.2, 0.25) is 5.91 Å². The van der Waals surface area contributed by atoms with Gasteiger partial charge in [-0.25, -0.2) is 0 Å². The van der Waals surface area contributed by atoms with E-state index in [9.17, 15) is 4.79 Å². The van der Waals surface area contributed by atoms with Crippen molar-refractivity contribution in [3.63, 3.8) is 0 Å². The second kappa shape index (κ2) is 4.52. The van der Waals surface area contributed by atoms with Crippen molar-refractivity contribution in [1.82, 2.24) is 4.90 Å². The molecule has 3 heteroatoms. The van der Waals surface area contributed by atoms with Crippen molar-refractivity contribution < 1.29 is 4.79 Å². The number of carbonyl (C=O) groups excluding carboxylic acids is 1. The number of amides is 1. The number of hydrogen-bond donors (Lipinski definition) is 1. The Bertz CT molecular complexity index is 230. The minimum Gasteiger partial charge on any atom is -0.338 e. The second-order valence-electron chi connectivity index (χ2n) is 5.67. The average Bonchev–Trinajstić information content (AvgIpc) is 2.15. The number of rotatable bonds is 1. The van der Waals surface area contributed by atoms with Gasteiger partial charge in [-0.3, -0.25) is 4.79 Å². The normalized spacial score (nSPS) is 25.1. The van der Waals surface area contributed by atoms with Crippen LogP contribution in [0.4, 0.5) is 0 Å². The molecule has 2 unspecified atom stereocenters. The van der Waals surface area contributed by atoms with Gasteiger partial charge in [-0.2, -0.15) is 0 Å². The maximum absolute atomic E-state index is 12.2. The Labute approximate surface area is 93.0 Å². The van der Waals surface area contributed by atoms with E-state index in [4.69, 9.17) is 5.73 Å². The van der Waals surface area contributed by atoms with Crippen LogP contribution < -0.4 is 5.73 Å². The highest BCUT2D eigenvalue weighted by Gasteiger charge is 2.34. The van der Waals surface area contributed by atoms with Crippen molar-refractivity contribution in [3.8, 4) is 0 Å². The van der Waals surface area contributed by atoms with Crippen LogP contribution in [-0.4, -0.2) is 29.4 Å². The first-order chi connectivity index (χ1) is 6.84. The van der Waals surface area contributed by atoms with Crippen molar-refractivity contribution in [2.75, 3.05) is 6.54 Å². The number of hydrogen-bond acceptors (Lipinski definition) is 2. The quantitative estimate of drug-likeness (QED) is 0.720. The first kappa shape index (κ1) is 12.5. The van der Waals surface area contributed by atoms with E-state index in [0.29, 0.717) is 0 Å². The smallest absolute Gasteiger partial charge is 0.228 e. The van der Waals surface area contributed by atoms with E-state index >= 15 is 0 Å². The van der Waals surface area contributed by atoms with Gasteiger partial charge in [0, 0.05) is 24.0 Å². The summed E-state index contributed by atoms with van der Waals surface area (Å²) >= 11 is 0. The van der Waals surface area contributed by atoms with Crippen LogP contribution in [-0.2, 0) is 4.79 Å². The molecule has 88 valence electrons. The van der Waals surface area contributed by atoms with E-state index in [2.05, 4.69) is 0 Å². The molecule has 0 radical (unpaired) electrons. The Morgan fingerprint density at radius 3 is 2.47 bits per heavy atom. The lowest BCUT2D eigenvalue weighted by Gasteiger charge is -2.41. The number of nitrogens with zero attached hydrogens (tertiary/aromatic N) is 1. The van der Waals surface area contributed by atoms with Gasteiger partial charge in [0.1, 0.15) is 0 Å². The zero-order valence-electron chi connectivity index (χ0n) is 10.4. The Hall–Kier alpha value is -0.570. The molecule has 2 N–H and O–H groups in total. The topological polar surface area (TPSA) is 46.3 Å². The first-order valence-electron chi connectivity index (χ1n) is 5.90. The number of piperidine rings is 1. The summed E-state index contributed by atoms with van der Waals surface area (Å²) in [7, 11) is 0. The largest absolute Gasteiger partial charge is 0.338 e. The van der Waals surface area contributed by atoms with E-state index in [1.54, 1.807) is 0 Å². The maximum Gasteiger partial charge on any atom is 0.228 e. The van der Waals surface area contributed by atoms with E-state index in [1.165, 1.54) is 6.42 Å². The molecular formula is C12H24N2O. The van der Waals surface area contributed by atoms with E-state index < -0.39 is 0 Å². The van der Waals surface area contributed by atoms with Gasteiger partial charge < -0.3 is 10.6 Å². The molecule has 0 aromatic heterocycles. The fourth-order valence-electron chi connectivity index (χ4n) is 2.19. The van der Waals surface area contributed by atoms with Crippen LogP contribution >= 0.6 is 0 Å². The van der Waals surface area contributed by atoms with Gasteiger partial charge in [0.15, 0.2) is 0 Å². The molecule has 1 saturated heterocycles. The van der Waals surface area contributed by atoms with Crippen LogP contribution in [0.2, 0.25) is 0 Å². The van der Waals surface area contributed by atoms with Crippen LogP contribution in [0.5, 0.6) is 0 Å². The third-order valence-electron chi connectivity index (χ3n) is 3.06. The highest BCUT2D eigenvalue weighted by molar-refractivity contribution is 5.82. The predicted molar refractivity (Wildman–Crippen MR) is 62.5 cm³/mol. The van der Waals surface area contributed by atoms with E-state index in [0.717, 1.165) is 19.4 Å². The highest BCUT2D eigenvalue weighted by atomic mass is 16.2. The predicted octanol–water partition coefficient (Wildman–Crippen LogP) is 1.76. The molecule has 1 amide bonds. The van der Waals surface area contributed by atoms with Gasteiger partial charge in [-0.05, 0) is 26.2 Å². The average molecular weight is 212 g/mol. The Morgan fingerprint density at radius 1 is 1.40 bits per heavy atom. The minimum absolute atomic E-state index is 0.0802. The number of likely N-dealkylation sites (tertiary alicyclic amines) is 1. The van der Waals surface area contributed by atoms with Crippen LogP contribution in [0.3, 0.4) is 0 Å². The lowest BCUT2D eigenvalue weighted by atomic mass is 9.90. The van der Waals surface area contributed by atoms with Gasteiger partial charge in [-0.15, -0.1) is 0 Å². The molecule has 0 aromatic carbocycles. The summed E-state index contributed by atoms with van der Waals surface area (Å²) in [5.41, 5.74) is 5.66. The molecule has 15 heavy (non-hydrogen) atoms. The molecular weight excluding hydrogens is 188 g/mol. The van der Waals surface area contributed by atoms with E-state index in [1.807, 2.05) is 32.6 Å². The summed E-state index contributed by atoms with van der Waals surface area (Å²) in [4.78, 5) is 14.2. The Morgan fingerprint density at radius 2 is 2.00 bits per heavy atom. The Kier molecular flexibility index (Phi) is 3.77. The fraction of sp³-hybridized carbons (Fsp3) is 0.917. The molecule has 2 atom stereocenters. The van der Waals surface area contributed by atoms with Gasteiger partial charge >= 0.3 is 0 Å². The van der Waals surface area contributed by atoms with Gasteiger partial charge in [-0.1, -0.05) is 20.8 Å². The van der Waals surface area contributed by atoms with Gasteiger partial charge in [0.05, 0.1) is 0 Å². The molecule has 3 nitrogen and oxygen atoms in total. The third-order valence-corrected chi connectivity index (χ3v) is 3.06. The molecule has 0 spiro atoms. The molecule has 0 bridgehead atoms. The van der Waals surface area contributed by atoms with Crippen molar-refractivity contribution in [3.05, 3.63) is 0 Å². The van der Waals surface area contributed by atoms with Crippen molar-refractivity contribution in [2.24, 2.45) is 11.1 Å². The zero-order valence-corrected chi connectivity index (χ0v) is 10.4. The summed E-state index contributed by atoms with van der Waals surface area (Å²) in [6, 6.07) is 0.321. The summed E-state index contributed by atoms with van der Waals surface area (Å²) in [5, 5.41) is 0. The SMILES string of the molecule is CC(N)C1CCCCN1C(=O)C(C)(C)C. The van der Waals surface area contributed by atoms with E-state index in [-0.39, 0.29) is 23.4 Å². The van der Waals surface area contributed by atoms with Crippen LogP contribution in [0, 0.1) is 5.41 Å². The molecule has 0 saturated carbocycles. The maximum atomic E-state index is 12.2. The lowest BCUT2D eigenvalue weighted by Crippen LogP contribution is -2.54. The highest BCUT2D eigenvalue weighted by Crippen LogP contribution is 2.25. The van der Waals surface area contributed by atoms with Crippen molar-refractivity contribution >= 4 is 5.91 Å². The van der Waals surface area contributed by atoms with Crippen LogP contribution in [0.1, 0.15) is 47.0 Å². The molecule has 1 aliphatic rings. The van der Waals surface area contributed by atoms with Crippen molar-refractivity contribution in [1.29, 1.82) is 0 Å². The summed E-state index contributed by atoms with van der Waals surface area (Å²) in [6.45, 7) is 8.80. The lowest BCUT2D eigenvalue weighted by molar-refractivity contribution is -0.143. The second-order valence-corrected chi connectivity index (χ2v) is 5.67. The zero-order chi connectivity index (χ0) is 11.6. The third kappa shape index (κ3) is 2.94. The fourth-order valence-corrected chi connectivity index (χ4v) is 2.19. The molecule has 1 heterocycles. The monoisotopic (exact) mass is 212 g/mol. The summed E-state index contributed by atoms with van der Waals surface area (Å²) in [5.74, 6) is 0.240. The minimum atomic E-state index is -0.287. The molecule has 1 rings (SSSR count). The number of nitrogens with two attached hydrogens (primary N) is 1. The Balaban J connectivity index is 2.77. The van der Waals surface area contributed by atoms with Crippen molar-refractivity contribution in [2.45, 2.75) is 59.0 Å². The molecule has 0 aromatic rings. The standard InChI is InChI=1S/C12H24N2O/c1-9(13)10-7-5-6-8-14(10)11(15)12(2,3)4/h9-10H,5-8,13H2,1-4H3. The number of carbonyl (C=O) groups is 1. The van der Waals surface area contributed by atoms with Crippen LogP contribution in [0.15, 0.2) is 0 Å².